The second-order valence-corrected chi connectivity index (χ2v) is 5.68. The summed E-state index contributed by atoms with van der Waals surface area (Å²) in [5.74, 6) is 0.295. The van der Waals surface area contributed by atoms with E-state index in [0.717, 1.165) is 11.1 Å². The number of hydrogen-bond donors (Lipinski definition) is 2. The van der Waals surface area contributed by atoms with Crippen LogP contribution in [0.15, 0.2) is 61.2 Å². The zero-order valence-electron chi connectivity index (χ0n) is 13.3. The van der Waals surface area contributed by atoms with Gasteiger partial charge in [0.15, 0.2) is 0 Å². The fourth-order valence-electron chi connectivity index (χ4n) is 2.18. The summed E-state index contributed by atoms with van der Waals surface area (Å²) in [5, 5.41) is 6.65. The third-order valence-corrected chi connectivity index (χ3v) is 3.89. The number of benzene rings is 1. The second kappa shape index (κ2) is 8.21. The minimum absolute atomic E-state index is 0.264. The van der Waals surface area contributed by atoms with Crippen LogP contribution in [0.5, 0.6) is 0 Å². The Bertz CT molecular complexity index is 857. The highest BCUT2D eigenvalue weighted by molar-refractivity contribution is 6.31. The summed E-state index contributed by atoms with van der Waals surface area (Å²) in [7, 11) is 0. The van der Waals surface area contributed by atoms with Gasteiger partial charge in [0.05, 0.1) is 0 Å². The van der Waals surface area contributed by atoms with Crippen LogP contribution in [0.4, 0.5) is 5.82 Å². The van der Waals surface area contributed by atoms with Crippen LogP contribution in [0.3, 0.4) is 0 Å². The molecule has 0 aliphatic rings. The van der Waals surface area contributed by atoms with Gasteiger partial charge in [0.1, 0.15) is 17.8 Å². The van der Waals surface area contributed by atoms with Crippen LogP contribution in [0.25, 0.3) is 0 Å². The quantitative estimate of drug-likeness (QED) is 0.712. The molecule has 3 rings (SSSR count). The van der Waals surface area contributed by atoms with E-state index in [1.165, 1.54) is 6.33 Å². The number of carbonyl (C=O) groups excluding carboxylic acids is 1. The SMILES string of the molecule is O=C(NCc1ccncc1)c1cc(NCc2ccccc2Cl)ncn1. The zero-order chi connectivity index (χ0) is 17.5. The Morgan fingerprint density at radius 3 is 2.64 bits per heavy atom. The van der Waals surface area contributed by atoms with Crippen LogP contribution in [-0.2, 0) is 13.1 Å². The maximum atomic E-state index is 12.2. The standard InChI is InChI=1S/C18H16ClN5O/c19-15-4-2-1-3-14(15)11-21-17-9-16(23-12-24-17)18(25)22-10-13-5-7-20-8-6-13/h1-9,12H,10-11H2,(H,22,25)(H,21,23,24). The van der Waals surface area contributed by atoms with Crippen LogP contribution in [-0.4, -0.2) is 20.9 Å². The summed E-state index contributed by atoms with van der Waals surface area (Å²) in [6.07, 6.45) is 4.72. The summed E-state index contributed by atoms with van der Waals surface area (Å²) in [6.45, 7) is 0.919. The van der Waals surface area contributed by atoms with Gasteiger partial charge in [-0.1, -0.05) is 29.8 Å². The van der Waals surface area contributed by atoms with Crippen molar-refractivity contribution < 1.29 is 4.79 Å². The lowest BCUT2D eigenvalue weighted by Gasteiger charge is -2.09. The number of carbonyl (C=O) groups is 1. The van der Waals surface area contributed by atoms with Gasteiger partial charge in [0.2, 0.25) is 0 Å². The molecule has 2 heterocycles. The number of hydrogen-bond acceptors (Lipinski definition) is 5. The normalized spacial score (nSPS) is 10.3. The molecule has 6 nitrogen and oxygen atoms in total. The number of anilines is 1. The fourth-order valence-corrected chi connectivity index (χ4v) is 2.38. The highest BCUT2D eigenvalue weighted by Crippen LogP contribution is 2.16. The predicted molar refractivity (Wildman–Crippen MR) is 96.2 cm³/mol. The first kappa shape index (κ1) is 16.9. The molecule has 0 unspecified atom stereocenters. The fraction of sp³-hybridized carbons (Fsp3) is 0.111. The molecule has 0 aliphatic carbocycles. The van der Waals surface area contributed by atoms with Gasteiger partial charge in [-0.05, 0) is 29.3 Å². The lowest BCUT2D eigenvalue weighted by atomic mass is 10.2. The molecule has 0 bridgehead atoms. The first-order chi connectivity index (χ1) is 12.2. The summed E-state index contributed by atoms with van der Waals surface area (Å²) in [4.78, 5) is 24.3. The number of nitrogens with one attached hydrogen (secondary N) is 2. The molecule has 2 N–H and O–H groups in total. The molecule has 0 aliphatic heterocycles. The minimum atomic E-state index is -0.264. The second-order valence-electron chi connectivity index (χ2n) is 5.27. The number of pyridine rings is 1. The van der Waals surface area contributed by atoms with Crippen molar-refractivity contribution in [1.29, 1.82) is 0 Å². The third kappa shape index (κ3) is 4.74. The van der Waals surface area contributed by atoms with Crippen molar-refractivity contribution >= 4 is 23.3 Å². The number of rotatable bonds is 6. The van der Waals surface area contributed by atoms with E-state index in [1.54, 1.807) is 18.5 Å². The van der Waals surface area contributed by atoms with Crippen molar-refractivity contribution in [2.75, 3.05) is 5.32 Å². The van der Waals surface area contributed by atoms with Gasteiger partial charge in [0.25, 0.3) is 5.91 Å². The molecule has 0 radical (unpaired) electrons. The number of nitrogens with zero attached hydrogens (tertiary/aromatic N) is 3. The molecular weight excluding hydrogens is 338 g/mol. The van der Waals surface area contributed by atoms with Gasteiger partial charge in [-0.2, -0.15) is 0 Å². The van der Waals surface area contributed by atoms with Gasteiger partial charge in [-0.3, -0.25) is 9.78 Å². The van der Waals surface area contributed by atoms with E-state index in [-0.39, 0.29) is 5.91 Å². The zero-order valence-corrected chi connectivity index (χ0v) is 14.1. The summed E-state index contributed by atoms with van der Waals surface area (Å²) >= 11 is 6.13. The lowest BCUT2D eigenvalue weighted by molar-refractivity contribution is 0.0946. The van der Waals surface area contributed by atoms with Gasteiger partial charge >= 0.3 is 0 Å². The van der Waals surface area contributed by atoms with Crippen molar-refractivity contribution in [2.45, 2.75) is 13.1 Å². The molecule has 1 amide bonds. The lowest BCUT2D eigenvalue weighted by Crippen LogP contribution is -2.24. The van der Waals surface area contributed by atoms with E-state index < -0.39 is 0 Å². The Morgan fingerprint density at radius 1 is 1.04 bits per heavy atom. The van der Waals surface area contributed by atoms with Crippen LogP contribution < -0.4 is 10.6 Å². The van der Waals surface area contributed by atoms with Crippen molar-refractivity contribution in [1.82, 2.24) is 20.3 Å². The minimum Gasteiger partial charge on any atom is -0.366 e. The van der Waals surface area contributed by atoms with Gasteiger partial charge in [-0.25, -0.2) is 9.97 Å². The van der Waals surface area contributed by atoms with E-state index in [4.69, 9.17) is 11.6 Å². The number of halogens is 1. The maximum absolute atomic E-state index is 12.2. The van der Waals surface area contributed by atoms with Crippen molar-refractivity contribution in [3.05, 3.63) is 83.0 Å². The molecule has 2 aromatic heterocycles. The van der Waals surface area contributed by atoms with Gasteiger partial charge in [0, 0.05) is 36.6 Å². The van der Waals surface area contributed by atoms with Gasteiger partial charge in [-0.15, -0.1) is 0 Å². The first-order valence-corrected chi connectivity index (χ1v) is 8.06. The van der Waals surface area contributed by atoms with Crippen LogP contribution in [0.2, 0.25) is 5.02 Å². The molecule has 0 saturated carbocycles. The predicted octanol–water partition coefficient (Wildman–Crippen LogP) is 3.07. The monoisotopic (exact) mass is 353 g/mol. The van der Waals surface area contributed by atoms with Gasteiger partial charge < -0.3 is 10.6 Å². The first-order valence-electron chi connectivity index (χ1n) is 7.69. The Morgan fingerprint density at radius 2 is 1.84 bits per heavy atom. The van der Waals surface area contributed by atoms with E-state index in [2.05, 4.69) is 25.6 Å². The summed E-state index contributed by atoms with van der Waals surface area (Å²) in [5.41, 5.74) is 2.21. The van der Waals surface area contributed by atoms with Crippen LogP contribution in [0, 0.1) is 0 Å². The Labute approximate surface area is 150 Å². The third-order valence-electron chi connectivity index (χ3n) is 3.52. The maximum Gasteiger partial charge on any atom is 0.270 e. The van der Waals surface area contributed by atoms with Crippen molar-refractivity contribution in [3.8, 4) is 0 Å². The molecular formula is C18H16ClN5O. The molecule has 3 aromatic rings. The Hall–Kier alpha value is -2.99. The van der Waals surface area contributed by atoms with Crippen molar-refractivity contribution in [3.63, 3.8) is 0 Å². The summed E-state index contributed by atoms with van der Waals surface area (Å²) < 4.78 is 0. The molecule has 7 heteroatoms. The molecule has 0 fully saturated rings. The highest BCUT2D eigenvalue weighted by Gasteiger charge is 2.09. The summed E-state index contributed by atoms with van der Waals surface area (Å²) in [6, 6.07) is 12.9. The molecule has 0 spiro atoms. The van der Waals surface area contributed by atoms with E-state index in [0.29, 0.717) is 29.6 Å². The average Bonchev–Trinajstić information content (AvgIpc) is 2.66. The molecule has 0 saturated heterocycles. The molecule has 1 aromatic carbocycles. The van der Waals surface area contributed by atoms with E-state index in [9.17, 15) is 4.79 Å². The number of amides is 1. The largest absolute Gasteiger partial charge is 0.366 e. The number of aromatic nitrogens is 3. The van der Waals surface area contributed by atoms with Crippen molar-refractivity contribution in [2.24, 2.45) is 0 Å². The molecule has 126 valence electrons. The smallest absolute Gasteiger partial charge is 0.270 e. The highest BCUT2D eigenvalue weighted by atomic mass is 35.5. The molecule has 0 atom stereocenters. The topological polar surface area (TPSA) is 79.8 Å². The average molecular weight is 354 g/mol. The van der Waals surface area contributed by atoms with E-state index in [1.807, 2.05) is 36.4 Å². The Balaban J connectivity index is 1.61. The Kier molecular flexibility index (Phi) is 5.53. The van der Waals surface area contributed by atoms with Crippen LogP contribution in [0.1, 0.15) is 21.6 Å². The van der Waals surface area contributed by atoms with E-state index >= 15 is 0 Å². The van der Waals surface area contributed by atoms with Crippen LogP contribution >= 0.6 is 11.6 Å². The molecule has 25 heavy (non-hydrogen) atoms.